The third-order valence-electron chi connectivity index (χ3n) is 3.22. The minimum Gasteiger partial charge on any atom is -0.380 e. The van der Waals surface area contributed by atoms with Gasteiger partial charge in [-0.1, -0.05) is 18.2 Å². The predicted octanol–water partition coefficient (Wildman–Crippen LogP) is 2.83. The van der Waals surface area contributed by atoms with Crippen molar-refractivity contribution in [3.05, 3.63) is 34.7 Å². The summed E-state index contributed by atoms with van der Waals surface area (Å²) in [6.07, 6.45) is 0. The SMILES string of the molecule is CCOCCN(C)Cc1c(CN)sc2ccccc12. The van der Waals surface area contributed by atoms with Crippen LogP contribution in [0.15, 0.2) is 24.3 Å². The molecule has 0 aliphatic heterocycles. The topological polar surface area (TPSA) is 38.5 Å². The first-order valence-electron chi connectivity index (χ1n) is 6.72. The van der Waals surface area contributed by atoms with Crippen LogP contribution in [0.25, 0.3) is 10.1 Å². The van der Waals surface area contributed by atoms with Crippen LogP contribution in [-0.2, 0) is 17.8 Å². The summed E-state index contributed by atoms with van der Waals surface area (Å²) in [7, 11) is 2.13. The van der Waals surface area contributed by atoms with Gasteiger partial charge in [0.2, 0.25) is 0 Å². The monoisotopic (exact) mass is 278 g/mol. The lowest BCUT2D eigenvalue weighted by Crippen LogP contribution is -2.23. The molecule has 0 unspecified atom stereocenters. The van der Waals surface area contributed by atoms with Crippen molar-refractivity contribution < 1.29 is 4.74 Å². The van der Waals surface area contributed by atoms with Gasteiger partial charge in [0, 0.05) is 35.8 Å². The van der Waals surface area contributed by atoms with E-state index in [4.69, 9.17) is 10.5 Å². The Morgan fingerprint density at radius 1 is 1.32 bits per heavy atom. The molecule has 0 radical (unpaired) electrons. The van der Waals surface area contributed by atoms with E-state index in [-0.39, 0.29) is 0 Å². The van der Waals surface area contributed by atoms with Crippen molar-refractivity contribution in [3.8, 4) is 0 Å². The number of benzene rings is 1. The Kier molecular flexibility index (Phi) is 5.34. The maximum absolute atomic E-state index is 5.88. The Morgan fingerprint density at radius 2 is 2.11 bits per heavy atom. The fourth-order valence-electron chi connectivity index (χ4n) is 2.20. The number of thiophene rings is 1. The molecule has 4 heteroatoms. The second-order valence-corrected chi connectivity index (χ2v) is 5.78. The lowest BCUT2D eigenvalue weighted by molar-refractivity contribution is 0.120. The first-order chi connectivity index (χ1) is 9.26. The van der Waals surface area contributed by atoms with Gasteiger partial charge in [-0.3, -0.25) is 4.90 Å². The van der Waals surface area contributed by atoms with Crippen molar-refractivity contribution in [2.75, 3.05) is 26.8 Å². The minimum atomic E-state index is 0.619. The van der Waals surface area contributed by atoms with Gasteiger partial charge in [0.1, 0.15) is 0 Å². The zero-order valence-electron chi connectivity index (χ0n) is 11.7. The van der Waals surface area contributed by atoms with E-state index in [0.717, 1.165) is 26.3 Å². The highest BCUT2D eigenvalue weighted by molar-refractivity contribution is 7.19. The molecule has 1 aromatic heterocycles. The fraction of sp³-hybridized carbons (Fsp3) is 0.467. The molecule has 2 rings (SSSR count). The summed E-state index contributed by atoms with van der Waals surface area (Å²) in [6.45, 7) is 6.09. The standard InChI is InChI=1S/C15H22N2OS/c1-3-18-9-8-17(2)11-13-12-6-4-5-7-14(12)19-15(13)10-16/h4-7H,3,8-11,16H2,1-2H3. The Balaban J connectivity index is 2.14. The van der Waals surface area contributed by atoms with Crippen LogP contribution in [-0.4, -0.2) is 31.7 Å². The number of ether oxygens (including phenoxy) is 1. The van der Waals surface area contributed by atoms with E-state index in [0.29, 0.717) is 6.54 Å². The summed E-state index contributed by atoms with van der Waals surface area (Å²) in [5, 5.41) is 1.34. The van der Waals surface area contributed by atoms with Crippen LogP contribution in [0.2, 0.25) is 0 Å². The van der Waals surface area contributed by atoms with Crippen LogP contribution in [0.1, 0.15) is 17.4 Å². The molecule has 0 bridgehead atoms. The number of nitrogens with zero attached hydrogens (tertiary/aromatic N) is 1. The summed E-state index contributed by atoms with van der Waals surface area (Å²) in [6, 6.07) is 8.54. The van der Waals surface area contributed by atoms with Gasteiger partial charge in [0.15, 0.2) is 0 Å². The third-order valence-corrected chi connectivity index (χ3v) is 4.45. The molecule has 2 N–H and O–H groups in total. The Bertz CT molecular complexity index is 524. The molecule has 1 aromatic carbocycles. The number of nitrogens with two attached hydrogens (primary N) is 1. The Hall–Kier alpha value is -0.940. The van der Waals surface area contributed by atoms with Gasteiger partial charge in [0.05, 0.1) is 6.61 Å². The molecular weight excluding hydrogens is 256 g/mol. The lowest BCUT2D eigenvalue weighted by atomic mass is 10.1. The summed E-state index contributed by atoms with van der Waals surface area (Å²) in [5.74, 6) is 0. The average Bonchev–Trinajstić information content (AvgIpc) is 2.77. The zero-order chi connectivity index (χ0) is 13.7. The van der Waals surface area contributed by atoms with Crippen LogP contribution in [0.5, 0.6) is 0 Å². The third kappa shape index (κ3) is 3.54. The van der Waals surface area contributed by atoms with Crippen LogP contribution in [0, 0.1) is 0 Å². The van der Waals surface area contributed by atoms with Gasteiger partial charge >= 0.3 is 0 Å². The summed E-state index contributed by atoms with van der Waals surface area (Å²) >= 11 is 1.81. The first kappa shape index (κ1) is 14.5. The van der Waals surface area contributed by atoms with Crippen LogP contribution < -0.4 is 5.73 Å². The first-order valence-corrected chi connectivity index (χ1v) is 7.53. The molecule has 0 atom stereocenters. The smallest absolute Gasteiger partial charge is 0.0593 e. The summed E-state index contributed by atoms with van der Waals surface area (Å²) in [5.41, 5.74) is 7.26. The van der Waals surface area contributed by atoms with Crippen molar-refractivity contribution in [2.24, 2.45) is 5.73 Å². The maximum Gasteiger partial charge on any atom is 0.0593 e. The highest BCUT2D eigenvalue weighted by Crippen LogP contribution is 2.31. The molecule has 1 heterocycles. The second kappa shape index (κ2) is 7.01. The predicted molar refractivity (Wildman–Crippen MR) is 82.5 cm³/mol. The highest BCUT2D eigenvalue weighted by atomic mass is 32.1. The van der Waals surface area contributed by atoms with E-state index in [1.807, 2.05) is 18.3 Å². The van der Waals surface area contributed by atoms with Crippen LogP contribution >= 0.6 is 11.3 Å². The largest absolute Gasteiger partial charge is 0.380 e. The molecule has 2 aromatic rings. The second-order valence-electron chi connectivity index (χ2n) is 4.64. The molecule has 0 saturated heterocycles. The van der Waals surface area contributed by atoms with E-state index < -0.39 is 0 Å². The quantitative estimate of drug-likeness (QED) is 0.792. The van der Waals surface area contributed by atoms with E-state index in [1.165, 1.54) is 20.5 Å². The normalized spacial score (nSPS) is 11.6. The maximum atomic E-state index is 5.88. The van der Waals surface area contributed by atoms with E-state index in [9.17, 15) is 0 Å². The number of likely N-dealkylation sites (N-methyl/N-ethyl adjacent to an activating group) is 1. The molecule has 0 aliphatic carbocycles. The van der Waals surface area contributed by atoms with Gasteiger partial charge < -0.3 is 10.5 Å². The van der Waals surface area contributed by atoms with Crippen molar-refractivity contribution in [1.29, 1.82) is 0 Å². The molecular formula is C15H22N2OS. The lowest BCUT2D eigenvalue weighted by Gasteiger charge is -2.17. The molecule has 0 saturated carbocycles. The molecule has 104 valence electrons. The van der Waals surface area contributed by atoms with E-state index in [2.05, 4.69) is 36.2 Å². The van der Waals surface area contributed by atoms with Crippen LogP contribution in [0.4, 0.5) is 0 Å². The molecule has 19 heavy (non-hydrogen) atoms. The number of fused-ring (bicyclic) bond motifs is 1. The van der Waals surface area contributed by atoms with Gasteiger partial charge in [0.25, 0.3) is 0 Å². The van der Waals surface area contributed by atoms with Crippen LogP contribution in [0.3, 0.4) is 0 Å². The molecule has 0 amide bonds. The number of hydrogen-bond donors (Lipinski definition) is 1. The zero-order valence-corrected chi connectivity index (χ0v) is 12.5. The van der Waals surface area contributed by atoms with Gasteiger partial charge in [-0.05, 0) is 31.0 Å². The van der Waals surface area contributed by atoms with Crippen molar-refractivity contribution in [3.63, 3.8) is 0 Å². The number of rotatable bonds is 7. The molecule has 0 aliphatic rings. The molecule has 3 nitrogen and oxygen atoms in total. The van der Waals surface area contributed by atoms with E-state index >= 15 is 0 Å². The summed E-state index contributed by atoms with van der Waals surface area (Å²) in [4.78, 5) is 3.59. The Morgan fingerprint density at radius 3 is 2.84 bits per heavy atom. The number of hydrogen-bond acceptors (Lipinski definition) is 4. The minimum absolute atomic E-state index is 0.619. The molecule has 0 spiro atoms. The van der Waals surface area contributed by atoms with Crippen molar-refractivity contribution in [2.45, 2.75) is 20.0 Å². The highest BCUT2D eigenvalue weighted by Gasteiger charge is 2.12. The van der Waals surface area contributed by atoms with Gasteiger partial charge in [-0.15, -0.1) is 11.3 Å². The Labute approximate surface area is 119 Å². The van der Waals surface area contributed by atoms with Crippen molar-refractivity contribution >= 4 is 21.4 Å². The van der Waals surface area contributed by atoms with Crippen molar-refractivity contribution in [1.82, 2.24) is 4.90 Å². The fourth-order valence-corrected chi connectivity index (χ4v) is 3.30. The van der Waals surface area contributed by atoms with E-state index in [1.54, 1.807) is 0 Å². The summed E-state index contributed by atoms with van der Waals surface area (Å²) < 4.78 is 6.73. The van der Waals surface area contributed by atoms with Gasteiger partial charge in [-0.25, -0.2) is 0 Å². The average molecular weight is 278 g/mol. The van der Waals surface area contributed by atoms with Gasteiger partial charge in [-0.2, -0.15) is 0 Å². The molecule has 0 fully saturated rings.